The van der Waals surface area contributed by atoms with E-state index in [4.69, 9.17) is 4.98 Å². The van der Waals surface area contributed by atoms with Gasteiger partial charge in [0, 0.05) is 32.6 Å². The van der Waals surface area contributed by atoms with Gasteiger partial charge < -0.3 is 9.47 Å². The third-order valence-corrected chi connectivity index (χ3v) is 5.79. The first kappa shape index (κ1) is 15.6. The zero-order valence-corrected chi connectivity index (χ0v) is 14.6. The molecule has 128 valence electrons. The van der Waals surface area contributed by atoms with Gasteiger partial charge in [0.15, 0.2) is 0 Å². The fourth-order valence-electron chi connectivity index (χ4n) is 4.59. The Labute approximate surface area is 143 Å². The number of hydrogen-bond donors (Lipinski definition) is 0. The normalized spacial score (nSPS) is 25.0. The summed E-state index contributed by atoms with van der Waals surface area (Å²) in [5.41, 5.74) is 2.26. The summed E-state index contributed by atoms with van der Waals surface area (Å²) in [6.45, 7) is 4.62. The van der Waals surface area contributed by atoms with E-state index in [0.717, 1.165) is 43.8 Å². The predicted octanol–water partition coefficient (Wildman–Crippen LogP) is 2.55. The van der Waals surface area contributed by atoms with Gasteiger partial charge in [-0.2, -0.15) is 0 Å². The van der Waals surface area contributed by atoms with Crippen molar-refractivity contribution in [2.24, 2.45) is 7.05 Å². The van der Waals surface area contributed by atoms with Crippen molar-refractivity contribution in [2.75, 3.05) is 13.1 Å². The molecule has 2 fully saturated rings. The van der Waals surface area contributed by atoms with Crippen LogP contribution >= 0.6 is 0 Å². The second-order valence-corrected chi connectivity index (χ2v) is 7.18. The number of aryl methyl sites for hydroxylation is 1. The predicted molar refractivity (Wildman–Crippen MR) is 94.6 cm³/mol. The topological polar surface area (TPSA) is 41.4 Å². The molecule has 0 spiro atoms. The quantitative estimate of drug-likeness (QED) is 0.870. The number of likely N-dealkylation sites (tertiary alicyclic amines) is 2. The van der Waals surface area contributed by atoms with E-state index in [9.17, 15) is 4.79 Å². The Kier molecular flexibility index (Phi) is 4.04. The van der Waals surface area contributed by atoms with Crippen LogP contribution in [0.5, 0.6) is 0 Å². The summed E-state index contributed by atoms with van der Waals surface area (Å²) in [5, 5.41) is 0. The summed E-state index contributed by atoms with van der Waals surface area (Å²) in [4.78, 5) is 21.4. The Morgan fingerprint density at radius 2 is 1.92 bits per heavy atom. The number of para-hydroxylation sites is 2. The molecule has 1 amide bonds. The van der Waals surface area contributed by atoms with Gasteiger partial charge in [0.05, 0.1) is 17.6 Å². The molecule has 0 radical (unpaired) electrons. The minimum atomic E-state index is 0.229. The van der Waals surface area contributed by atoms with Crippen LogP contribution in [-0.4, -0.2) is 50.4 Å². The first-order valence-electron chi connectivity index (χ1n) is 9.07. The highest BCUT2D eigenvalue weighted by Gasteiger charge is 2.39. The zero-order valence-electron chi connectivity index (χ0n) is 14.6. The summed E-state index contributed by atoms with van der Waals surface area (Å²) in [7, 11) is 2.10. The lowest BCUT2D eigenvalue weighted by molar-refractivity contribution is -0.130. The standard InChI is InChI=1S/C19H26N4O/c1-14(24)23-12-6-10-18(23)17-9-5-11-22(17)13-19-20-15-7-3-4-8-16(15)21(19)2/h3-4,7-8,17-18H,5-6,9-13H2,1-2H3. The molecule has 2 atom stereocenters. The number of carbonyl (C=O) groups excluding carboxylic acids is 1. The molecule has 5 nitrogen and oxygen atoms in total. The van der Waals surface area contributed by atoms with Crippen LogP contribution in [-0.2, 0) is 18.4 Å². The molecule has 24 heavy (non-hydrogen) atoms. The van der Waals surface area contributed by atoms with Gasteiger partial charge in [-0.15, -0.1) is 0 Å². The van der Waals surface area contributed by atoms with E-state index in [2.05, 4.69) is 39.6 Å². The second kappa shape index (κ2) is 6.20. The Hall–Kier alpha value is -1.88. The molecule has 2 aliphatic heterocycles. The van der Waals surface area contributed by atoms with E-state index in [0.29, 0.717) is 12.1 Å². The molecule has 1 aromatic heterocycles. The van der Waals surface area contributed by atoms with Crippen LogP contribution in [0.25, 0.3) is 11.0 Å². The van der Waals surface area contributed by atoms with E-state index in [-0.39, 0.29) is 5.91 Å². The molecule has 2 unspecified atom stereocenters. The van der Waals surface area contributed by atoms with Crippen molar-refractivity contribution in [3.8, 4) is 0 Å². The van der Waals surface area contributed by atoms with E-state index >= 15 is 0 Å². The van der Waals surface area contributed by atoms with Crippen molar-refractivity contribution in [1.29, 1.82) is 0 Å². The van der Waals surface area contributed by atoms with Crippen LogP contribution in [0.2, 0.25) is 0 Å². The molecule has 0 bridgehead atoms. The van der Waals surface area contributed by atoms with Crippen molar-refractivity contribution in [3.05, 3.63) is 30.1 Å². The molecule has 5 heteroatoms. The van der Waals surface area contributed by atoms with Gasteiger partial charge in [-0.25, -0.2) is 4.98 Å². The number of imidazole rings is 1. The van der Waals surface area contributed by atoms with Crippen molar-refractivity contribution < 1.29 is 4.79 Å². The summed E-state index contributed by atoms with van der Waals surface area (Å²) < 4.78 is 2.21. The van der Waals surface area contributed by atoms with Gasteiger partial charge in [0.25, 0.3) is 0 Å². The fraction of sp³-hybridized carbons (Fsp3) is 0.579. The fourth-order valence-corrected chi connectivity index (χ4v) is 4.59. The number of nitrogens with zero attached hydrogens (tertiary/aromatic N) is 4. The van der Waals surface area contributed by atoms with Crippen LogP contribution in [0, 0.1) is 0 Å². The first-order chi connectivity index (χ1) is 11.6. The third-order valence-electron chi connectivity index (χ3n) is 5.79. The van der Waals surface area contributed by atoms with Gasteiger partial charge in [-0.1, -0.05) is 12.1 Å². The highest BCUT2D eigenvalue weighted by atomic mass is 16.2. The Morgan fingerprint density at radius 1 is 1.17 bits per heavy atom. The Bertz CT molecular complexity index is 753. The summed E-state index contributed by atoms with van der Waals surface area (Å²) in [6, 6.07) is 9.18. The molecule has 3 heterocycles. The van der Waals surface area contributed by atoms with Gasteiger partial charge in [0.2, 0.25) is 5.91 Å². The number of rotatable bonds is 3. The number of carbonyl (C=O) groups is 1. The maximum atomic E-state index is 11.9. The molecule has 0 saturated carbocycles. The van der Waals surface area contributed by atoms with Crippen LogP contribution in [0.3, 0.4) is 0 Å². The lowest BCUT2D eigenvalue weighted by Gasteiger charge is -2.34. The Morgan fingerprint density at radius 3 is 2.71 bits per heavy atom. The minimum absolute atomic E-state index is 0.229. The monoisotopic (exact) mass is 326 g/mol. The van der Waals surface area contributed by atoms with Gasteiger partial charge in [0.1, 0.15) is 5.82 Å². The molecular formula is C19H26N4O. The number of fused-ring (bicyclic) bond motifs is 1. The van der Waals surface area contributed by atoms with Crippen LogP contribution in [0.15, 0.2) is 24.3 Å². The summed E-state index contributed by atoms with van der Waals surface area (Å²) >= 11 is 0. The maximum absolute atomic E-state index is 11.9. The molecule has 0 N–H and O–H groups in total. The van der Waals surface area contributed by atoms with E-state index in [1.54, 1.807) is 6.92 Å². The highest BCUT2D eigenvalue weighted by molar-refractivity contribution is 5.75. The maximum Gasteiger partial charge on any atom is 0.219 e. The Balaban J connectivity index is 1.56. The lowest BCUT2D eigenvalue weighted by Crippen LogP contribution is -2.47. The van der Waals surface area contributed by atoms with Crippen LogP contribution < -0.4 is 0 Å². The van der Waals surface area contributed by atoms with Crippen molar-refractivity contribution >= 4 is 16.9 Å². The van der Waals surface area contributed by atoms with E-state index in [1.807, 2.05) is 6.07 Å². The van der Waals surface area contributed by atoms with Gasteiger partial charge >= 0.3 is 0 Å². The summed E-state index contributed by atoms with van der Waals surface area (Å²) in [6.07, 6.45) is 4.69. The molecular weight excluding hydrogens is 300 g/mol. The second-order valence-electron chi connectivity index (χ2n) is 7.18. The number of amides is 1. The number of benzene rings is 1. The first-order valence-corrected chi connectivity index (χ1v) is 9.07. The van der Waals surface area contributed by atoms with Crippen molar-refractivity contribution in [2.45, 2.75) is 51.2 Å². The van der Waals surface area contributed by atoms with Crippen molar-refractivity contribution in [1.82, 2.24) is 19.4 Å². The lowest BCUT2D eigenvalue weighted by atomic mass is 10.0. The number of hydrogen-bond acceptors (Lipinski definition) is 3. The molecule has 2 aliphatic rings. The number of aromatic nitrogens is 2. The minimum Gasteiger partial charge on any atom is -0.338 e. The average molecular weight is 326 g/mol. The average Bonchev–Trinajstić information content (AvgIpc) is 3.27. The molecule has 1 aromatic carbocycles. The van der Waals surface area contributed by atoms with E-state index in [1.165, 1.54) is 18.4 Å². The van der Waals surface area contributed by atoms with E-state index < -0.39 is 0 Å². The molecule has 2 saturated heterocycles. The van der Waals surface area contributed by atoms with Gasteiger partial charge in [-0.3, -0.25) is 9.69 Å². The zero-order chi connectivity index (χ0) is 16.7. The third kappa shape index (κ3) is 2.61. The molecule has 0 aliphatic carbocycles. The molecule has 4 rings (SSSR count). The van der Waals surface area contributed by atoms with Crippen LogP contribution in [0.1, 0.15) is 38.4 Å². The molecule has 2 aromatic rings. The van der Waals surface area contributed by atoms with Crippen molar-refractivity contribution in [3.63, 3.8) is 0 Å². The van der Waals surface area contributed by atoms with Gasteiger partial charge in [-0.05, 0) is 44.4 Å². The largest absolute Gasteiger partial charge is 0.338 e. The van der Waals surface area contributed by atoms with Crippen LogP contribution in [0.4, 0.5) is 0 Å². The SMILES string of the molecule is CC(=O)N1CCCC1C1CCCN1Cc1nc2ccccc2n1C. The smallest absolute Gasteiger partial charge is 0.219 e. The highest BCUT2D eigenvalue weighted by Crippen LogP contribution is 2.31. The summed E-state index contributed by atoms with van der Waals surface area (Å²) in [5.74, 6) is 1.35.